The highest BCUT2D eigenvalue weighted by Gasteiger charge is 2.09. The normalized spacial score (nSPS) is 10.3. The summed E-state index contributed by atoms with van der Waals surface area (Å²) in [4.78, 5) is 13.2. The van der Waals surface area contributed by atoms with Crippen LogP contribution in [0.5, 0.6) is 0 Å². The van der Waals surface area contributed by atoms with Gasteiger partial charge in [-0.2, -0.15) is 0 Å². The maximum Gasteiger partial charge on any atom is 0.265 e. The molecule has 0 aliphatic carbocycles. The minimum atomic E-state index is -0.200. The van der Waals surface area contributed by atoms with E-state index in [9.17, 15) is 4.79 Å². The number of carbonyl (C=O) groups is 1. The standard InChI is InChI=1S/C11H7Cl2NOS2/c12-6-1-7(13)3-8(2-6)14-11(15)10-4-9(16)5-17-10/h1-5,16H,(H,14,15). The third-order valence-corrected chi connectivity index (χ3v) is 3.73. The monoisotopic (exact) mass is 303 g/mol. The van der Waals surface area contributed by atoms with Crippen LogP contribution in [0, 0.1) is 0 Å². The number of halogens is 2. The molecule has 1 N–H and O–H groups in total. The molecule has 0 aliphatic heterocycles. The quantitative estimate of drug-likeness (QED) is 0.780. The van der Waals surface area contributed by atoms with Crippen LogP contribution in [0.25, 0.3) is 0 Å². The van der Waals surface area contributed by atoms with Crippen LogP contribution >= 0.6 is 47.2 Å². The van der Waals surface area contributed by atoms with E-state index in [1.807, 2.05) is 0 Å². The van der Waals surface area contributed by atoms with Crippen molar-refractivity contribution in [2.75, 3.05) is 5.32 Å². The summed E-state index contributed by atoms with van der Waals surface area (Å²) >= 11 is 17.2. The second kappa shape index (κ2) is 5.31. The molecule has 1 aromatic carbocycles. The molecule has 1 amide bonds. The smallest absolute Gasteiger partial charge is 0.265 e. The van der Waals surface area contributed by atoms with Crippen LogP contribution < -0.4 is 5.32 Å². The van der Waals surface area contributed by atoms with Crippen molar-refractivity contribution in [3.8, 4) is 0 Å². The van der Waals surface area contributed by atoms with E-state index >= 15 is 0 Å². The minimum absolute atomic E-state index is 0.200. The zero-order chi connectivity index (χ0) is 12.4. The average molecular weight is 304 g/mol. The Morgan fingerprint density at radius 1 is 1.18 bits per heavy atom. The first-order chi connectivity index (χ1) is 8.04. The van der Waals surface area contributed by atoms with E-state index in [0.29, 0.717) is 20.6 Å². The molecule has 1 heterocycles. The molecular weight excluding hydrogens is 297 g/mol. The second-order valence-corrected chi connectivity index (χ2v) is 5.58. The lowest BCUT2D eigenvalue weighted by Crippen LogP contribution is -2.09. The van der Waals surface area contributed by atoms with Crippen LogP contribution in [0.1, 0.15) is 9.67 Å². The minimum Gasteiger partial charge on any atom is -0.321 e. The predicted molar refractivity (Wildman–Crippen MR) is 76.0 cm³/mol. The summed E-state index contributed by atoms with van der Waals surface area (Å²) in [6.45, 7) is 0. The van der Waals surface area contributed by atoms with Gasteiger partial charge < -0.3 is 5.32 Å². The number of nitrogens with one attached hydrogen (secondary N) is 1. The number of thiophene rings is 1. The number of rotatable bonds is 2. The summed E-state index contributed by atoms with van der Waals surface area (Å²) in [6.07, 6.45) is 0. The van der Waals surface area contributed by atoms with Gasteiger partial charge in [-0.05, 0) is 24.3 Å². The van der Waals surface area contributed by atoms with Crippen molar-refractivity contribution in [3.63, 3.8) is 0 Å². The van der Waals surface area contributed by atoms with Gasteiger partial charge in [0.05, 0.1) is 4.88 Å². The molecule has 88 valence electrons. The SMILES string of the molecule is O=C(Nc1cc(Cl)cc(Cl)c1)c1cc(S)cs1. The van der Waals surface area contributed by atoms with Gasteiger partial charge in [-0.15, -0.1) is 24.0 Å². The molecule has 0 spiro atoms. The lowest BCUT2D eigenvalue weighted by molar-refractivity contribution is 0.103. The molecule has 0 atom stereocenters. The Morgan fingerprint density at radius 3 is 2.35 bits per heavy atom. The molecule has 0 bridgehead atoms. The third-order valence-electron chi connectivity index (χ3n) is 1.93. The number of anilines is 1. The summed E-state index contributed by atoms with van der Waals surface area (Å²) in [5.74, 6) is -0.200. The maximum atomic E-state index is 11.8. The zero-order valence-electron chi connectivity index (χ0n) is 8.41. The van der Waals surface area contributed by atoms with E-state index in [4.69, 9.17) is 23.2 Å². The highest BCUT2D eigenvalue weighted by atomic mass is 35.5. The lowest BCUT2D eigenvalue weighted by Gasteiger charge is -2.04. The number of hydrogen-bond acceptors (Lipinski definition) is 3. The summed E-state index contributed by atoms with van der Waals surface area (Å²) in [5, 5.41) is 5.48. The number of benzene rings is 1. The Balaban J connectivity index is 2.18. The fourth-order valence-corrected chi connectivity index (χ4v) is 2.83. The molecule has 0 fully saturated rings. The molecule has 2 nitrogen and oxygen atoms in total. The van der Waals surface area contributed by atoms with Crippen LogP contribution in [-0.4, -0.2) is 5.91 Å². The molecule has 0 aliphatic rings. The Bertz CT molecular complexity index is 548. The number of carbonyl (C=O) groups excluding carboxylic acids is 1. The van der Waals surface area contributed by atoms with Gasteiger partial charge in [-0.1, -0.05) is 23.2 Å². The van der Waals surface area contributed by atoms with Gasteiger partial charge in [-0.3, -0.25) is 4.79 Å². The van der Waals surface area contributed by atoms with Crippen LogP contribution in [0.2, 0.25) is 10.0 Å². The molecule has 17 heavy (non-hydrogen) atoms. The van der Waals surface area contributed by atoms with Crippen molar-refractivity contribution in [3.05, 3.63) is 44.6 Å². The maximum absolute atomic E-state index is 11.8. The van der Waals surface area contributed by atoms with Gasteiger partial charge >= 0.3 is 0 Å². The zero-order valence-corrected chi connectivity index (χ0v) is 11.6. The molecule has 1 aromatic heterocycles. The van der Waals surface area contributed by atoms with E-state index in [1.54, 1.807) is 29.6 Å². The number of amides is 1. The van der Waals surface area contributed by atoms with E-state index in [2.05, 4.69) is 17.9 Å². The predicted octanol–water partition coefficient (Wildman–Crippen LogP) is 4.60. The highest BCUT2D eigenvalue weighted by molar-refractivity contribution is 7.80. The Morgan fingerprint density at radius 2 is 1.82 bits per heavy atom. The molecule has 0 saturated carbocycles. The average Bonchev–Trinajstić information content (AvgIpc) is 2.63. The molecule has 6 heteroatoms. The van der Waals surface area contributed by atoms with Crippen LogP contribution in [-0.2, 0) is 0 Å². The van der Waals surface area contributed by atoms with Gasteiger partial charge in [0.2, 0.25) is 0 Å². The van der Waals surface area contributed by atoms with Gasteiger partial charge in [0, 0.05) is 26.0 Å². The highest BCUT2D eigenvalue weighted by Crippen LogP contribution is 2.24. The lowest BCUT2D eigenvalue weighted by atomic mass is 10.3. The van der Waals surface area contributed by atoms with E-state index in [0.717, 1.165) is 4.90 Å². The fourth-order valence-electron chi connectivity index (χ4n) is 1.26. The van der Waals surface area contributed by atoms with E-state index < -0.39 is 0 Å². The van der Waals surface area contributed by atoms with Crippen molar-refractivity contribution >= 4 is 58.8 Å². The molecule has 2 rings (SSSR count). The molecule has 0 unspecified atom stereocenters. The van der Waals surface area contributed by atoms with Gasteiger partial charge in [0.1, 0.15) is 0 Å². The second-order valence-electron chi connectivity index (χ2n) is 3.28. The fraction of sp³-hybridized carbons (Fsp3) is 0. The topological polar surface area (TPSA) is 29.1 Å². The Labute approximate surface area is 118 Å². The third kappa shape index (κ3) is 3.39. The van der Waals surface area contributed by atoms with Crippen LogP contribution in [0.15, 0.2) is 34.5 Å². The van der Waals surface area contributed by atoms with Crippen molar-refractivity contribution in [2.45, 2.75) is 4.90 Å². The van der Waals surface area contributed by atoms with E-state index in [1.165, 1.54) is 11.3 Å². The summed E-state index contributed by atoms with van der Waals surface area (Å²) < 4.78 is 0. The molecule has 2 aromatic rings. The van der Waals surface area contributed by atoms with Crippen molar-refractivity contribution < 1.29 is 4.79 Å². The van der Waals surface area contributed by atoms with Crippen molar-refractivity contribution in [2.24, 2.45) is 0 Å². The summed E-state index contributed by atoms with van der Waals surface area (Å²) in [6, 6.07) is 6.59. The Kier molecular flexibility index (Phi) is 3.99. The number of hydrogen-bond donors (Lipinski definition) is 2. The van der Waals surface area contributed by atoms with Crippen LogP contribution in [0.3, 0.4) is 0 Å². The van der Waals surface area contributed by atoms with Crippen molar-refractivity contribution in [1.82, 2.24) is 0 Å². The number of thiol groups is 1. The van der Waals surface area contributed by atoms with Gasteiger partial charge in [0.15, 0.2) is 0 Å². The molecule has 0 saturated heterocycles. The summed E-state index contributed by atoms with van der Waals surface area (Å²) in [7, 11) is 0. The van der Waals surface area contributed by atoms with Crippen molar-refractivity contribution in [1.29, 1.82) is 0 Å². The van der Waals surface area contributed by atoms with E-state index in [-0.39, 0.29) is 5.91 Å². The Hall–Kier alpha value is -0.680. The van der Waals surface area contributed by atoms with Crippen LogP contribution in [0.4, 0.5) is 5.69 Å². The van der Waals surface area contributed by atoms with Gasteiger partial charge in [-0.25, -0.2) is 0 Å². The molecular formula is C11H7Cl2NOS2. The largest absolute Gasteiger partial charge is 0.321 e. The first-order valence-electron chi connectivity index (χ1n) is 4.59. The summed E-state index contributed by atoms with van der Waals surface area (Å²) in [5.41, 5.74) is 0.571. The molecule has 0 radical (unpaired) electrons. The first kappa shape index (κ1) is 12.8. The first-order valence-corrected chi connectivity index (χ1v) is 6.68. The van der Waals surface area contributed by atoms with Gasteiger partial charge in [0.25, 0.3) is 5.91 Å².